The molecule has 1 amide bonds. The molecule has 2 fully saturated rings. The first-order chi connectivity index (χ1) is 14.2. The Labute approximate surface area is 173 Å². The van der Waals surface area contributed by atoms with Gasteiger partial charge < -0.3 is 5.32 Å². The van der Waals surface area contributed by atoms with Gasteiger partial charge in [-0.1, -0.05) is 25.0 Å². The second-order valence-corrected chi connectivity index (χ2v) is 8.63. The molecule has 29 heavy (non-hydrogen) atoms. The Hall–Kier alpha value is -2.27. The average Bonchev–Trinajstić information content (AvgIpc) is 3.28. The van der Waals surface area contributed by atoms with Crippen LogP contribution in [0.1, 0.15) is 61.6 Å². The molecule has 5 nitrogen and oxygen atoms in total. The van der Waals surface area contributed by atoms with Crippen LogP contribution in [0.15, 0.2) is 42.6 Å². The van der Waals surface area contributed by atoms with E-state index < -0.39 is 0 Å². The fourth-order valence-corrected chi connectivity index (χ4v) is 4.88. The summed E-state index contributed by atoms with van der Waals surface area (Å²) in [4.78, 5) is 24.7. The van der Waals surface area contributed by atoms with Gasteiger partial charge in [0, 0.05) is 30.9 Å². The van der Waals surface area contributed by atoms with Crippen molar-refractivity contribution in [3.05, 3.63) is 59.7 Å². The zero-order valence-corrected chi connectivity index (χ0v) is 17.4. The molecule has 0 spiro atoms. The monoisotopic (exact) mass is 392 g/mol. The van der Waals surface area contributed by atoms with Crippen molar-refractivity contribution in [1.82, 2.24) is 20.2 Å². The molecule has 1 aliphatic heterocycles. The van der Waals surface area contributed by atoms with E-state index >= 15 is 0 Å². The van der Waals surface area contributed by atoms with Crippen LogP contribution in [0.25, 0.3) is 0 Å². The first kappa shape index (κ1) is 20.0. The highest BCUT2D eigenvalue weighted by Gasteiger charge is 2.32. The Bertz CT molecular complexity index is 804. The number of carbonyl (C=O) groups is 1. The predicted molar refractivity (Wildman–Crippen MR) is 114 cm³/mol. The molecule has 5 heteroatoms. The van der Waals surface area contributed by atoms with Gasteiger partial charge in [-0.3, -0.25) is 19.7 Å². The van der Waals surface area contributed by atoms with Crippen LogP contribution in [0.5, 0.6) is 0 Å². The van der Waals surface area contributed by atoms with Crippen LogP contribution in [0.2, 0.25) is 0 Å². The van der Waals surface area contributed by atoms with E-state index in [-0.39, 0.29) is 17.9 Å². The van der Waals surface area contributed by atoms with Crippen LogP contribution in [-0.2, 0) is 11.3 Å². The number of carbonyl (C=O) groups excluding carboxylic acids is 1. The minimum atomic E-state index is -0.0161. The Morgan fingerprint density at radius 1 is 1.14 bits per heavy atom. The summed E-state index contributed by atoms with van der Waals surface area (Å²) in [7, 11) is 0. The van der Waals surface area contributed by atoms with E-state index in [0.717, 1.165) is 62.4 Å². The molecule has 3 heterocycles. The van der Waals surface area contributed by atoms with Crippen molar-refractivity contribution >= 4 is 5.91 Å². The maximum atomic E-state index is 12.9. The van der Waals surface area contributed by atoms with Crippen molar-refractivity contribution in [1.29, 1.82) is 0 Å². The minimum Gasteiger partial charge on any atom is -0.347 e. The van der Waals surface area contributed by atoms with Crippen molar-refractivity contribution in [2.75, 3.05) is 13.1 Å². The third kappa shape index (κ3) is 5.21. The maximum absolute atomic E-state index is 12.9. The fraction of sp³-hybridized carbons (Fsp3) is 0.542. The van der Waals surface area contributed by atoms with Crippen LogP contribution in [0.3, 0.4) is 0 Å². The topological polar surface area (TPSA) is 58.1 Å². The van der Waals surface area contributed by atoms with E-state index in [2.05, 4.69) is 38.4 Å². The molecule has 0 bridgehead atoms. The van der Waals surface area contributed by atoms with E-state index in [9.17, 15) is 4.79 Å². The molecule has 2 aromatic rings. The highest BCUT2D eigenvalue weighted by Crippen LogP contribution is 2.31. The molecule has 0 aromatic carbocycles. The number of nitrogens with one attached hydrogen (secondary N) is 1. The highest BCUT2D eigenvalue weighted by molar-refractivity contribution is 5.79. The lowest BCUT2D eigenvalue weighted by Gasteiger charge is -2.37. The summed E-state index contributed by atoms with van der Waals surface area (Å²) in [5, 5.41) is 3.39. The summed E-state index contributed by atoms with van der Waals surface area (Å²) >= 11 is 0. The quantitative estimate of drug-likeness (QED) is 0.806. The van der Waals surface area contributed by atoms with E-state index in [0.29, 0.717) is 5.92 Å². The lowest BCUT2D eigenvalue weighted by atomic mass is 9.87. The second-order valence-electron chi connectivity index (χ2n) is 8.63. The Morgan fingerprint density at radius 2 is 2.00 bits per heavy atom. The number of hydrogen-bond donors (Lipinski definition) is 1. The molecular weight excluding hydrogens is 360 g/mol. The van der Waals surface area contributed by atoms with Gasteiger partial charge in [0.15, 0.2) is 0 Å². The SMILES string of the molecule is Cc1cccc(CN2CCCC(C(NC(=O)C3CCCC3)c3ccccn3)C2)n1. The number of rotatable bonds is 6. The zero-order valence-electron chi connectivity index (χ0n) is 17.4. The van der Waals surface area contributed by atoms with Crippen molar-refractivity contribution in [2.24, 2.45) is 11.8 Å². The zero-order chi connectivity index (χ0) is 20.1. The molecule has 0 radical (unpaired) electrons. The number of amides is 1. The molecule has 1 N–H and O–H groups in total. The minimum absolute atomic E-state index is 0.0161. The van der Waals surface area contributed by atoms with Crippen LogP contribution in [0.4, 0.5) is 0 Å². The van der Waals surface area contributed by atoms with Crippen molar-refractivity contribution in [3.63, 3.8) is 0 Å². The third-order valence-corrected chi connectivity index (χ3v) is 6.38. The van der Waals surface area contributed by atoms with Gasteiger partial charge in [0.2, 0.25) is 5.91 Å². The Kier molecular flexibility index (Phi) is 6.55. The van der Waals surface area contributed by atoms with E-state index in [1.165, 1.54) is 12.8 Å². The van der Waals surface area contributed by atoms with Crippen LogP contribution in [-0.4, -0.2) is 33.9 Å². The number of nitrogens with zero attached hydrogens (tertiary/aromatic N) is 3. The van der Waals surface area contributed by atoms with Gasteiger partial charge >= 0.3 is 0 Å². The van der Waals surface area contributed by atoms with Gasteiger partial charge in [0.25, 0.3) is 0 Å². The molecular formula is C24H32N4O. The Morgan fingerprint density at radius 3 is 2.76 bits per heavy atom. The number of pyridine rings is 2. The maximum Gasteiger partial charge on any atom is 0.223 e. The molecule has 1 saturated carbocycles. The number of aryl methyl sites for hydroxylation is 1. The van der Waals surface area contributed by atoms with Gasteiger partial charge in [-0.05, 0) is 69.3 Å². The van der Waals surface area contributed by atoms with Gasteiger partial charge in [-0.15, -0.1) is 0 Å². The van der Waals surface area contributed by atoms with Gasteiger partial charge in [-0.25, -0.2) is 0 Å². The third-order valence-electron chi connectivity index (χ3n) is 6.38. The number of aromatic nitrogens is 2. The van der Waals surface area contributed by atoms with Crippen LogP contribution in [0, 0.1) is 18.8 Å². The Balaban J connectivity index is 1.48. The van der Waals surface area contributed by atoms with E-state index in [4.69, 9.17) is 0 Å². The predicted octanol–water partition coefficient (Wildman–Crippen LogP) is 4.04. The molecule has 154 valence electrons. The normalized spacial score (nSPS) is 21.8. The van der Waals surface area contributed by atoms with E-state index in [1.807, 2.05) is 31.3 Å². The number of piperidine rings is 1. The lowest BCUT2D eigenvalue weighted by Crippen LogP contribution is -2.44. The standard InChI is InChI=1S/C24H32N4O/c1-18-8-6-12-21(26-18)17-28-15-7-11-20(16-28)23(22-13-4-5-14-25-22)27-24(29)19-9-2-3-10-19/h4-6,8,12-14,19-20,23H,2-3,7,9-11,15-17H2,1H3,(H,27,29). The average molecular weight is 393 g/mol. The molecule has 4 rings (SSSR count). The van der Waals surface area contributed by atoms with Crippen LogP contribution < -0.4 is 5.32 Å². The summed E-state index contributed by atoms with van der Waals surface area (Å²) in [5.74, 6) is 0.766. The number of hydrogen-bond acceptors (Lipinski definition) is 4. The van der Waals surface area contributed by atoms with Gasteiger partial charge in [-0.2, -0.15) is 0 Å². The van der Waals surface area contributed by atoms with Crippen LogP contribution >= 0.6 is 0 Å². The summed E-state index contributed by atoms with van der Waals surface area (Å²) in [6.07, 6.45) is 8.48. The number of likely N-dealkylation sites (tertiary alicyclic amines) is 1. The summed E-state index contributed by atoms with van der Waals surface area (Å²) < 4.78 is 0. The first-order valence-electron chi connectivity index (χ1n) is 11.1. The highest BCUT2D eigenvalue weighted by atomic mass is 16.2. The van der Waals surface area contributed by atoms with Crippen molar-refractivity contribution < 1.29 is 4.79 Å². The summed E-state index contributed by atoms with van der Waals surface area (Å²) in [6.45, 7) is 4.95. The summed E-state index contributed by atoms with van der Waals surface area (Å²) in [5.41, 5.74) is 3.17. The smallest absolute Gasteiger partial charge is 0.223 e. The summed E-state index contributed by atoms with van der Waals surface area (Å²) in [6, 6.07) is 12.2. The lowest BCUT2D eigenvalue weighted by molar-refractivity contribution is -0.126. The molecule has 1 aliphatic carbocycles. The molecule has 2 aromatic heterocycles. The second kappa shape index (κ2) is 9.49. The van der Waals surface area contributed by atoms with Gasteiger partial charge in [0.05, 0.1) is 17.4 Å². The van der Waals surface area contributed by atoms with Gasteiger partial charge in [0.1, 0.15) is 0 Å². The molecule has 2 unspecified atom stereocenters. The molecule has 2 aliphatic rings. The van der Waals surface area contributed by atoms with Crippen molar-refractivity contribution in [2.45, 2.75) is 58.0 Å². The first-order valence-corrected chi connectivity index (χ1v) is 11.1. The molecule has 1 saturated heterocycles. The van der Waals surface area contributed by atoms with E-state index in [1.54, 1.807) is 0 Å². The molecule has 2 atom stereocenters. The largest absolute Gasteiger partial charge is 0.347 e. The fourth-order valence-electron chi connectivity index (χ4n) is 4.88. The van der Waals surface area contributed by atoms with Crippen molar-refractivity contribution in [3.8, 4) is 0 Å².